The fourth-order valence-electron chi connectivity index (χ4n) is 1.42. The van der Waals surface area contributed by atoms with Crippen molar-refractivity contribution in [1.29, 1.82) is 0 Å². The van der Waals surface area contributed by atoms with Crippen molar-refractivity contribution in [3.05, 3.63) is 26.4 Å². The second-order valence-electron chi connectivity index (χ2n) is 4.22. The van der Waals surface area contributed by atoms with E-state index in [9.17, 15) is 0 Å². The molecule has 1 rings (SSSR count). The van der Waals surface area contributed by atoms with Crippen LogP contribution < -0.4 is 5.32 Å². The maximum atomic E-state index is 3.49. The summed E-state index contributed by atoms with van der Waals surface area (Å²) in [4.78, 5) is 1.33. The van der Waals surface area contributed by atoms with Crippen LogP contribution in [-0.2, 0) is 0 Å². The van der Waals surface area contributed by atoms with E-state index in [0.29, 0.717) is 5.92 Å². The molecule has 1 aromatic heterocycles. The smallest absolute Gasteiger partial charge is 0.0288 e. The highest BCUT2D eigenvalue weighted by molar-refractivity contribution is 9.10. The normalized spacial score (nSPS) is 12.4. The summed E-state index contributed by atoms with van der Waals surface area (Å²) >= 11 is 5.27. The van der Waals surface area contributed by atoms with Crippen LogP contribution in [0.5, 0.6) is 0 Å². The van der Waals surface area contributed by atoms with E-state index < -0.39 is 0 Å². The van der Waals surface area contributed by atoms with Crippen molar-refractivity contribution in [2.45, 2.75) is 27.2 Å². The highest BCUT2D eigenvalue weighted by atomic mass is 79.9. The second kappa shape index (κ2) is 7.25. The van der Waals surface area contributed by atoms with E-state index in [1.807, 2.05) is 0 Å². The Bertz CT molecular complexity index is 341. The van der Waals surface area contributed by atoms with E-state index in [4.69, 9.17) is 0 Å². The van der Waals surface area contributed by atoms with Crippen molar-refractivity contribution in [2.24, 2.45) is 5.92 Å². The molecule has 0 radical (unpaired) electrons. The summed E-state index contributed by atoms with van der Waals surface area (Å²) in [5.41, 5.74) is 1.47. The largest absolute Gasteiger partial charge is 0.313 e. The zero-order valence-electron chi connectivity index (χ0n) is 10.2. The highest BCUT2D eigenvalue weighted by Crippen LogP contribution is 2.23. The Hall–Kier alpha value is -0.120. The lowest BCUT2D eigenvalue weighted by atomic mass is 10.0. The first-order chi connectivity index (χ1) is 7.63. The van der Waals surface area contributed by atoms with Gasteiger partial charge in [-0.1, -0.05) is 26.3 Å². The van der Waals surface area contributed by atoms with Gasteiger partial charge in [-0.05, 0) is 47.0 Å². The number of halogens is 1. The maximum Gasteiger partial charge on any atom is 0.0288 e. The third kappa shape index (κ3) is 4.81. The average Bonchev–Trinajstić information content (AvgIpc) is 2.63. The molecule has 1 aromatic rings. The lowest BCUT2D eigenvalue weighted by molar-refractivity contribution is 0.657. The Morgan fingerprint density at radius 3 is 2.81 bits per heavy atom. The van der Waals surface area contributed by atoms with E-state index in [1.165, 1.54) is 21.3 Å². The lowest BCUT2D eigenvalue weighted by Crippen LogP contribution is -2.19. The second-order valence-corrected chi connectivity index (χ2v) is 6.08. The Morgan fingerprint density at radius 2 is 2.31 bits per heavy atom. The summed E-state index contributed by atoms with van der Waals surface area (Å²) in [5, 5.41) is 5.60. The van der Waals surface area contributed by atoms with Gasteiger partial charge < -0.3 is 5.32 Å². The number of hydrogen-bond donors (Lipinski definition) is 1. The van der Waals surface area contributed by atoms with E-state index in [-0.39, 0.29) is 0 Å². The van der Waals surface area contributed by atoms with Gasteiger partial charge in [0.2, 0.25) is 0 Å². The molecule has 0 atom stereocenters. The summed E-state index contributed by atoms with van der Waals surface area (Å²) in [7, 11) is 0. The van der Waals surface area contributed by atoms with Gasteiger partial charge in [0.15, 0.2) is 0 Å². The van der Waals surface area contributed by atoms with E-state index in [0.717, 1.165) is 13.1 Å². The number of thiophene rings is 1. The molecule has 0 bridgehead atoms. The molecular formula is C13H20BrNS. The zero-order valence-corrected chi connectivity index (χ0v) is 12.6. The Balaban J connectivity index is 2.65. The van der Waals surface area contributed by atoms with Gasteiger partial charge in [-0.3, -0.25) is 0 Å². The minimum atomic E-state index is 0.602. The van der Waals surface area contributed by atoms with Gasteiger partial charge in [0, 0.05) is 21.3 Å². The predicted octanol–water partition coefficient (Wildman–Crippen LogP) is 4.55. The maximum absolute atomic E-state index is 3.49. The van der Waals surface area contributed by atoms with Crippen LogP contribution in [0.2, 0.25) is 0 Å². The van der Waals surface area contributed by atoms with Crippen molar-refractivity contribution >= 4 is 33.3 Å². The third-order valence-corrected chi connectivity index (χ3v) is 4.05. The van der Waals surface area contributed by atoms with Crippen molar-refractivity contribution in [3.8, 4) is 0 Å². The molecule has 1 heterocycles. The molecule has 0 fully saturated rings. The van der Waals surface area contributed by atoms with Crippen LogP contribution in [0, 0.1) is 5.92 Å². The molecule has 0 saturated carbocycles. The van der Waals surface area contributed by atoms with Gasteiger partial charge in [0.05, 0.1) is 0 Å². The summed E-state index contributed by atoms with van der Waals surface area (Å²) in [6.07, 6.45) is 3.50. The van der Waals surface area contributed by atoms with Crippen molar-refractivity contribution in [2.75, 3.05) is 13.1 Å². The van der Waals surface area contributed by atoms with Crippen molar-refractivity contribution in [3.63, 3.8) is 0 Å². The molecule has 0 aliphatic rings. The molecule has 0 unspecified atom stereocenters. The van der Waals surface area contributed by atoms with E-state index >= 15 is 0 Å². The van der Waals surface area contributed by atoms with Gasteiger partial charge in [-0.2, -0.15) is 0 Å². The van der Waals surface area contributed by atoms with Gasteiger partial charge in [0.25, 0.3) is 0 Å². The molecule has 1 N–H and O–H groups in total. The fourth-order valence-corrected chi connectivity index (χ4v) is 2.83. The third-order valence-electron chi connectivity index (χ3n) is 2.41. The highest BCUT2D eigenvalue weighted by Gasteiger charge is 2.04. The molecular weight excluding hydrogens is 282 g/mol. The van der Waals surface area contributed by atoms with E-state index in [2.05, 4.69) is 59.5 Å². The van der Waals surface area contributed by atoms with E-state index in [1.54, 1.807) is 11.3 Å². The molecule has 0 amide bonds. The number of rotatable bonds is 6. The predicted molar refractivity (Wildman–Crippen MR) is 78.0 cm³/mol. The minimum absolute atomic E-state index is 0.602. The first-order valence-corrected chi connectivity index (χ1v) is 7.46. The number of hydrogen-bond acceptors (Lipinski definition) is 2. The molecule has 90 valence electrons. The molecule has 0 aliphatic carbocycles. The molecule has 3 heteroatoms. The SMILES string of the molecule is CCCNCC(=Cc1cc(Br)cs1)C(C)C. The Kier molecular flexibility index (Phi) is 6.32. The van der Waals surface area contributed by atoms with Gasteiger partial charge >= 0.3 is 0 Å². The van der Waals surface area contributed by atoms with Gasteiger partial charge in [-0.15, -0.1) is 11.3 Å². The first kappa shape index (κ1) is 13.9. The van der Waals surface area contributed by atoms with Crippen LogP contribution in [0.3, 0.4) is 0 Å². The minimum Gasteiger partial charge on any atom is -0.313 e. The fraction of sp³-hybridized carbons (Fsp3) is 0.538. The van der Waals surface area contributed by atoms with Crippen LogP contribution in [0.25, 0.3) is 6.08 Å². The molecule has 0 aliphatic heterocycles. The summed E-state index contributed by atoms with van der Waals surface area (Å²) in [6, 6.07) is 2.17. The standard InChI is InChI=1S/C13H20BrNS/c1-4-5-15-8-11(10(2)3)6-13-7-12(14)9-16-13/h6-7,9-10,15H,4-5,8H2,1-3H3. The molecule has 0 spiro atoms. The van der Waals surface area contributed by atoms with Crippen LogP contribution in [-0.4, -0.2) is 13.1 Å². The summed E-state index contributed by atoms with van der Waals surface area (Å²) < 4.78 is 1.17. The topological polar surface area (TPSA) is 12.0 Å². The summed E-state index contributed by atoms with van der Waals surface area (Å²) in [5.74, 6) is 0.602. The van der Waals surface area contributed by atoms with Gasteiger partial charge in [-0.25, -0.2) is 0 Å². The molecule has 0 saturated heterocycles. The Morgan fingerprint density at radius 1 is 1.56 bits per heavy atom. The lowest BCUT2D eigenvalue weighted by Gasteiger charge is -2.12. The van der Waals surface area contributed by atoms with Crippen LogP contribution in [0.4, 0.5) is 0 Å². The van der Waals surface area contributed by atoms with Crippen LogP contribution in [0.1, 0.15) is 32.1 Å². The quantitative estimate of drug-likeness (QED) is 0.760. The van der Waals surface area contributed by atoms with Crippen molar-refractivity contribution in [1.82, 2.24) is 5.32 Å². The monoisotopic (exact) mass is 301 g/mol. The number of nitrogens with one attached hydrogen (secondary N) is 1. The molecule has 0 aromatic carbocycles. The van der Waals surface area contributed by atoms with Crippen LogP contribution >= 0.6 is 27.3 Å². The van der Waals surface area contributed by atoms with Crippen LogP contribution in [0.15, 0.2) is 21.5 Å². The Labute approximate surface area is 111 Å². The zero-order chi connectivity index (χ0) is 12.0. The molecule has 16 heavy (non-hydrogen) atoms. The van der Waals surface area contributed by atoms with Gasteiger partial charge in [0.1, 0.15) is 0 Å². The average molecular weight is 302 g/mol. The summed E-state index contributed by atoms with van der Waals surface area (Å²) in [6.45, 7) is 8.80. The molecule has 1 nitrogen and oxygen atoms in total. The first-order valence-electron chi connectivity index (χ1n) is 5.78. The van der Waals surface area contributed by atoms with Crippen molar-refractivity contribution < 1.29 is 0 Å².